The van der Waals surface area contributed by atoms with Crippen molar-refractivity contribution in [3.63, 3.8) is 0 Å². The molecule has 1 unspecified atom stereocenters. The first-order valence-corrected chi connectivity index (χ1v) is 22.8. The molecule has 1 N–H and O–H groups in total. The molecule has 3 fully saturated rings. The first kappa shape index (κ1) is 43.0. The van der Waals surface area contributed by atoms with E-state index in [1.54, 1.807) is 37.5 Å². The predicted molar refractivity (Wildman–Crippen MR) is 234 cm³/mol. The normalized spacial score (nSPS) is 28.6. The molecule has 6 heteroatoms. The highest BCUT2D eigenvalue weighted by Crippen LogP contribution is 2.67. The van der Waals surface area contributed by atoms with E-state index in [-0.39, 0.29) is 23.4 Å². The molecule has 2 aromatic carbocycles. The van der Waals surface area contributed by atoms with Crippen LogP contribution in [0.15, 0.2) is 60.2 Å². The van der Waals surface area contributed by atoms with Gasteiger partial charge in [0.25, 0.3) is 0 Å². The van der Waals surface area contributed by atoms with E-state index < -0.39 is 0 Å². The molecule has 0 aromatic heterocycles. The number of ether oxygens (including phenoxy) is 3. The highest BCUT2D eigenvalue weighted by atomic mass is 16.5. The Balaban J connectivity index is 0.977. The summed E-state index contributed by atoms with van der Waals surface area (Å²) in [5.74, 6) is 5.71. The highest BCUT2D eigenvalue weighted by molar-refractivity contribution is 6.02. The summed E-state index contributed by atoms with van der Waals surface area (Å²) in [6.07, 6.45) is 25.4. The third kappa shape index (κ3) is 10.2. The number of nitrogens with one attached hydrogen (secondary N) is 1. The van der Waals surface area contributed by atoms with Crippen molar-refractivity contribution in [2.24, 2.45) is 46.3 Å². The fourth-order valence-electron chi connectivity index (χ4n) is 11.8. The molecule has 0 heterocycles. The van der Waals surface area contributed by atoms with Crippen LogP contribution in [0.2, 0.25) is 0 Å². The summed E-state index contributed by atoms with van der Waals surface area (Å²) >= 11 is 0. The number of esters is 1. The lowest BCUT2D eigenvalue weighted by atomic mass is 9.47. The van der Waals surface area contributed by atoms with E-state index >= 15 is 0 Å². The second-order valence-corrected chi connectivity index (χ2v) is 19.1. The van der Waals surface area contributed by atoms with E-state index in [0.717, 1.165) is 73.2 Å². The van der Waals surface area contributed by atoms with Crippen molar-refractivity contribution in [3.05, 3.63) is 71.3 Å². The fraction of sp³-hybridized carbons (Fsp3) is 0.647. The minimum absolute atomic E-state index is 0.0934. The van der Waals surface area contributed by atoms with Gasteiger partial charge in [-0.1, -0.05) is 104 Å². The average Bonchev–Trinajstić information content (AvgIpc) is 3.56. The number of fused-ring (bicyclic) bond motifs is 5. The van der Waals surface area contributed by atoms with Gasteiger partial charge in [-0.25, -0.2) is 4.79 Å². The van der Waals surface area contributed by atoms with Gasteiger partial charge >= 0.3 is 5.97 Å². The van der Waals surface area contributed by atoms with Gasteiger partial charge in [0.2, 0.25) is 5.91 Å². The summed E-state index contributed by atoms with van der Waals surface area (Å²) in [4.78, 5) is 26.1. The van der Waals surface area contributed by atoms with Crippen LogP contribution in [0.5, 0.6) is 11.5 Å². The van der Waals surface area contributed by atoms with Crippen molar-refractivity contribution in [3.8, 4) is 11.5 Å². The first-order chi connectivity index (χ1) is 27.4. The molecule has 0 aliphatic heterocycles. The number of allylic oxidation sites excluding steroid dienone is 1. The van der Waals surface area contributed by atoms with Crippen molar-refractivity contribution in [1.29, 1.82) is 0 Å². The average molecular weight is 780 g/mol. The number of amides is 1. The molecule has 0 bridgehead atoms. The van der Waals surface area contributed by atoms with Gasteiger partial charge in [0.1, 0.15) is 6.10 Å². The molecule has 4 aliphatic rings. The Morgan fingerprint density at radius 2 is 1.67 bits per heavy atom. The highest BCUT2D eigenvalue weighted by Gasteiger charge is 2.59. The number of hydrogen-bond donors (Lipinski definition) is 1. The summed E-state index contributed by atoms with van der Waals surface area (Å²) in [7, 11) is 1.63. The zero-order chi connectivity index (χ0) is 40.6. The lowest BCUT2D eigenvalue weighted by molar-refractivity contribution is -0.111. The van der Waals surface area contributed by atoms with E-state index in [4.69, 9.17) is 14.2 Å². The smallest absolute Gasteiger partial charge is 0.338 e. The first-order valence-electron chi connectivity index (χ1n) is 22.8. The predicted octanol–water partition coefficient (Wildman–Crippen LogP) is 13.3. The fourth-order valence-corrected chi connectivity index (χ4v) is 11.8. The van der Waals surface area contributed by atoms with Crippen molar-refractivity contribution >= 4 is 23.6 Å². The largest absolute Gasteiger partial charge is 0.493 e. The van der Waals surface area contributed by atoms with Crippen molar-refractivity contribution < 1.29 is 23.8 Å². The number of rotatable bonds is 18. The van der Waals surface area contributed by atoms with Crippen LogP contribution in [-0.4, -0.2) is 31.7 Å². The third-order valence-corrected chi connectivity index (χ3v) is 15.0. The molecule has 0 spiro atoms. The van der Waals surface area contributed by atoms with E-state index in [0.29, 0.717) is 34.8 Å². The van der Waals surface area contributed by atoms with Crippen LogP contribution in [0.1, 0.15) is 160 Å². The van der Waals surface area contributed by atoms with E-state index in [2.05, 4.69) is 52.9 Å². The molecule has 0 saturated heterocycles. The van der Waals surface area contributed by atoms with Crippen molar-refractivity contribution in [2.75, 3.05) is 19.0 Å². The van der Waals surface area contributed by atoms with Crippen LogP contribution in [0.25, 0.3) is 6.08 Å². The van der Waals surface area contributed by atoms with Crippen molar-refractivity contribution in [2.45, 2.75) is 150 Å². The van der Waals surface area contributed by atoms with Gasteiger partial charge in [-0.2, -0.15) is 0 Å². The van der Waals surface area contributed by atoms with Crippen molar-refractivity contribution in [1.82, 2.24) is 0 Å². The maximum atomic E-state index is 13.3. The Hall–Kier alpha value is -3.54. The molecule has 312 valence electrons. The minimum atomic E-state index is -0.290. The molecule has 6 rings (SSSR count). The van der Waals surface area contributed by atoms with Crippen LogP contribution >= 0.6 is 0 Å². The minimum Gasteiger partial charge on any atom is -0.493 e. The van der Waals surface area contributed by atoms with Gasteiger partial charge in [0.15, 0.2) is 11.5 Å². The Bertz CT molecular complexity index is 1710. The zero-order valence-electron chi connectivity index (χ0n) is 36.4. The molecule has 4 aliphatic carbocycles. The monoisotopic (exact) mass is 780 g/mol. The second kappa shape index (κ2) is 19.5. The van der Waals surface area contributed by atoms with Gasteiger partial charge in [0.05, 0.1) is 19.3 Å². The Morgan fingerprint density at radius 3 is 2.42 bits per heavy atom. The summed E-state index contributed by atoms with van der Waals surface area (Å²) in [5.41, 5.74) is 4.21. The number of benzene rings is 2. The molecular formula is C51H73NO5. The molecule has 57 heavy (non-hydrogen) atoms. The van der Waals surface area contributed by atoms with Gasteiger partial charge < -0.3 is 19.5 Å². The number of anilines is 1. The topological polar surface area (TPSA) is 73.9 Å². The van der Waals surface area contributed by atoms with Gasteiger partial charge in [-0.05, 0) is 146 Å². The standard InChI is InChI=1S/C51H73NO5/c1-8-9-10-11-12-32-56-46-26-16-37(33-47(46)55-7)17-27-48(53)52-40-21-18-38(19-22-40)49(54)57-41-28-30-50(5)39(34-41)20-23-42-44-25-24-43(36(4)15-13-14-35(2)3)51(44,6)31-29-45(42)50/h16-22,26-27,33,35-36,41-45H,8-15,23-25,28-32,34H2,1-7H3,(H,52,53)/b27-17+/t36-,41?,42+,43-,44+,45+,50+,51-/m1/s1. The number of carbonyl (C=O) groups excluding carboxylic acids is 2. The lowest BCUT2D eigenvalue weighted by Crippen LogP contribution is -2.51. The summed E-state index contributed by atoms with van der Waals surface area (Å²) in [6, 6.07) is 12.7. The Labute approximate surface area is 345 Å². The van der Waals surface area contributed by atoms with Crippen LogP contribution in [-0.2, 0) is 9.53 Å². The maximum Gasteiger partial charge on any atom is 0.338 e. The summed E-state index contributed by atoms with van der Waals surface area (Å²) in [5, 5.41) is 2.90. The second-order valence-electron chi connectivity index (χ2n) is 19.1. The quantitative estimate of drug-likeness (QED) is 0.0706. The summed E-state index contributed by atoms with van der Waals surface area (Å²) in [6.45, 7) is 15.4. The van der Waals surface area contributed by atoms with Crippen LogP contribution in [0.4, 0.5) is 5.69 Å². The number of carbonyl (C=O) groups is 2. The van der Waals surface area contributed by atoms with E-state index in [9.17, 15) is 9.59 Å². The SMILES string of the molecule is CCCCCCCOc1ccc(/C=C/C(=O)Nc2ccc(C(=O)OC3CC[C@@]4(C)C(=CC[C@H]5[C@@H]6CC[C@H]([C@H](C)CCCC(C)C)[C@@]6(C)CC[C@@H]54)C3)cc2)cc1OC. The van der Waals surface area contributed by atoms with Crippen LogP contribution in [0.3, 0.4) is 0 Å². The van der Waals surface area contributed by atoms with Gasteiger partial charge in [-0.15, -0.1) is 0 Å². The Morgan fingerprint density at radius 1 is 0.877 bits per heavy atom. The number of hydrogen-bond acceptors (Lipinski definition) is 5. The van der Waals surface area contributed by atoms with Gasteiger partial charge in [-0.3, -0.25) is 4.79 Å². The summed E-state index contributed by atoms with van der Waals surface area (Å²) < 4.78 is 17.7. The Kier molecular flexibility index (Phi) is 14.7. The number of methoxy groups -OCH3 is 1. The molecule has 3 saturated carbocycles. The van der Waals surface area contributed by atoms with E-state index in [1.165, 1.54) is 82.3 Å². The molecule has 2 aromatic rings. The molecule has 8 atom stereocenters. The number of unbranched alkanes of at least 4 members (excludes halogenated alkanes) is 4. The van der Waals surface area contributed by atoms with Crippen LogP contribution < -0.4 is 14.8 Å². The lowest BCUT2D eigenvalue weighted by Gasteiger charge is -2.58. The molecular weight excluding hydrogens is 707 g/mol. The molecule has 0 radical (unpaired) electrons. The molecule has 1 amide bonds. The van der Waals surface area contributed by atoms with Crippen LogP contribution in [0, 0.1) is 46.3 Å². The van der Waals surface area contributed by atoms with Gasteiger partial charge in [0, 0.05) is 18.2 Å². The van der Waals surface area contributed by atoms with E-state index in [1.807, 2.05) is 18.2 Å². The molecule has 6 nitrogen and oxygen atoms in total. The zero-order valence-corrected chi connectivity index (χ0v) is 36.4. The third-order valence-electron chi connectivity index (χ3n) is 15.0. The maximum absolute atomic E-state index is 13.3.